The topological polar surface area (TPSA) is 49.8 Å². The van der Waals surface area contributed by atoms with Crippen molar-refractivity contribution in [3.63, 3.8) is 0 Å². The van der Waals surface area contributed by atoms with Gasteiger partial charge in [-0.05, 0) is 56.2 Å². The molecule has 0 aliphatic rings. The molecule has 3 aromatic rings. The zero-order chi connectivity index (χ0) is 17.1. The molecule has 1 aromatic heterocycles. The first-order chi connectivity index (χ1) is 11.5. The molecule has 0 unspecified atom stereocenters. The fourth-order valence-electron chi connectivity index (χ4n) is 2.34. The number of hydrogen-bond donors (Lipinski definition) is 2. The standard InChI is InChI=1S/C19H19ClN4/c1-12-8-9-15(10-13(12)2)22-18-11-14(3)21-19(24-18)23-17-7-5-4-6-16(17)20/h4-11H,1-3H3,(H2,21,22,23,24). The van der Waals surface area contributed by atoms with Crippen molar-refractivity contribution in [1.82, 2.24) is 9.97 Å². The number of rotatable bonds is 4. The molecule has 2 N–H and O–H groups in total. The number of aromatic nitrogens is 2. The van der Waals surface area contributed by atoms with Crippen molar-refractivity contribution < 1.29 is 0 Å². The molecule has 122 valence electrons. The maximum absolute atomic E-state index is 6.18. The predicted octanol–water partition coefficient (Wildman–Crippen LogP) is 5.54. The Labute approximate surface area is 146 Å². The van der Waals surface area contributed by atoms with E-state index in [-0.39, 0.29) is 0 Å². The molecule has 0 aliphatic heterocycles. The van der Waals surface area contributed by atoms with Gasteiger partial charge in [0.05, 0.1) is 10.7 Å². The van der Waals surface area contributed by atoms with Crippen molar-refractivity contribution in [3.05, 3.63) is 70.4 Å². The van der Waals surface area contributed by atoms with Gasteiger partial charge in [0.25, 0.3) is 0 Å². The molecule has 0 bridgehead atoms. The van der Waals surface area contributed by atoms with Gasteiger partial charge >= 0.3 is 0 Å². The molecule has 24 heavy (non-hydrogen) atoms. The molecule has 0 saturated carbocycles. The fourth-order valence-corrected chi connectivity index (χ4v) is 2.52. The van der Waals surface area contributed by atoms with Crippen molar-refractivity contribution >= 4 is 34.7 Å². The van der Waals surface area contributed by atoms with Crippen LogP contribution in [0.2, 0.25) is 5.02 Å². The molecular weight excluding hydrogens is 320 g/mol. The highest BCUT2D eigenvalue weighted by Gasteiger charge is 2.06. The first-order valence-corrected chi connectivity index (χ1v) is 8.10. The maximum atomic E-state index is 6.18. The Morgan fingerprint density at radius 2 is 1.62 bits per heavy atom. The van der Waals surface area contributed by atoms with E-state index in [9.17, 15) is 0 Å². The van der Waals surface area contributed by atoms with Gasteiger partial charge in [-0.25, -0.2) is 4.98 Å². The average Bonchev–Trinajstić information content (AvgIpc) is 2.53. The van der Waals surface area contributed by atoms with E-state index in [1.54, 1.807) is 0 Å². The van der Waals surface area contributed by atoms with Gasteiger partial charge in [0.15, 0.2) is 0 Å². The molecule has 0 aliphatic carbocycles. The first kappa shape index (κ1) is 16.3. The molecular formula is C19H19ClN4. The molecule has 0 fully saturated rings. The summed E-state index contributed by atoms with van der Waals surface area (Å²) in [5.74, 6) is 1.25. The largest absolute Gasteiger partial charge is 0.340 e. The maximum Gasteiger partial charge on any atom is 0.229 e. The van der Waals surface area contributed by atoms with Crippen molar-refractivity contribution in [1.29, 1.82) is 0 Å². The minimum atomic E-state index is 0.509. The van der Waals surface area contributed by atoms with Gasteiger partial charge < -0.3 is 10.6 Å². The van der Waals surface area contributed by atoms with Gasteiger partial charge in [-0.1, -0.05) is 29.8 Å². The third kappa shape index (κ3) is 3.84. The van der Waals surface area contributed by atoms with Crippen LogP contribution in [0.5, 0.6) is 0 Å². The zero-order valence-electron chi connectivity index (χ0n) is 13.9. The van der Waals surface area contributed by atoms with Crippen LogP contribution in [-0.2, 0) is 0 Å². The second kappa shape index (κ2) is 6.89. The van der Waals surface area contributed by atoms with E-state index in [1.807, 2.05) is 43.3 Å². The summed E-state index contributed by atoms with van der Waals surface area (Å²) in [7, 11) is 0. The number of nitrogens with one attached hydrogen (secondary N) is 2. The number of hydrogen-bond acceptors (Lipinski definition) is 4. The molecule has 3 rings (SSSR count). The van der Waals surface area contributed by atoms with Gasteiger partial charge in [-0.15, -0.1) is 0 Å². The van der Waals surface area contributed by atoms with Crippen LogP contribution in [0.3, 0.4) is 0 Å². The lowest BCUT2D eigenvalue weighted by Gasteiger charge is -2.11. The van der Waals surface area contributed by atoms with Gasteiger partial charge in [-0.2, -0.15) is 4.98 Å². The molecule has 0 saturated heterocycles. The Hall–Kier alpha value is -2.59. The zero-order valence-corrected chi connectivity index (χ0v) is 14.6. The Morgan fingerprint density at radius 1 is 0.833 bits per heavy atom. The summed E-state index contributed by atoms with van der Waals surface area (Å²) >= 11 is 6.18. The van der Waals surface area contributed by atoms with Crippen molar-refractivity contribution in [2.24, 2.45) is 0 Å². The van der Waals surface area contributed by atoms with Crippen LogP contribution in [0, 0.1) is 20.8 Å². The van der Waals surface area contributed by atoms with E-state index in [0.717, 1.165) is 22.9 Å². The number of para-hydroxylation sites is 1. The number of nitrogens with zero attached hydrogens (tertiary/aromatic N) is 2. The molecule has 0 atom stereocenters. The Kier molecular flexibility index (Phi) is 4.67. The van der Waals surface area contributed by atoms with Gasteiger partial charge in [0, 0.05) is 17.4 Å². The lowest BCUT2D eigenvalue weighted by Crippen LogP contribution is -2.02. The second-order valence-electron chi connectivity index (χ2n) is 5.75. The highest BCUT2D eigenvalue weighted by Crippen LogP contribution is 2.25. The van der Waals surface area contributed by atoms with E-state index in [0.29, 0.717) is 11.0 Å². The minimum absolute atomic E-state index is 0.509. The minimum Gasteiger partial charge on any atom is -0.340 e. The van der Waals surface area contributed by atoms with Crippen molar-refractivity contribution in [2.75, 3.05) is 10.6 Å². The fraction of sp³-hybridized carbons (Fsp3) is 0.158. The van der Waals surface area contributed by atoms with Crippen LogP contribution in [0.1, 0.15) is 16.8 Å². The van der Waals surface area contributed by atoms with E-state index in [4.69, 9.17) is 11.6 Å². The van der Waals surface area contributed by atoms with E-state index >= 15 is 0 Å². The van der Waals surface area contributed by atoms with Crippen molar-refractivity contribution in [3.8, 4) is 0 Å². The third-order valence-corrected chi connectivity index (χ3v) is 4.08. The highest BCUT2D eigenvalue weighted by atomic mass is 35.5. The summed E-state index contributed by atoms with van der Waals surface area (Å²) in [6.07, 6.45) is 0. The van der Waals surface area contributed by atoms with Crippen LogP contribution < -0.4 is 10.6 Å². The Bertz CT molecular complexity index is 877. The van der Waals surface area contributed by atoms with Crippen LogP contribution in [-0.4, -0.2) is 9.97 Å². The molecule has 4 nitrogen and oxygen atoms in total. The lowest BCUT2D eigenvalue weighted by molar-refractivity contribution is 1.11. The Morgan fingerprint density at radius 3 is 2.38 bits per heavy atom. The average molecular weight is 339 g/mol. The number of benzene rings is 2. The molecule has 0 spiro atoms. The number of halogens is 1. The molecule has 2 aromatic carbocycles. The number of aryl methyl sites for hydroxylation is 3. The van der Waals surface area contributed by atoms with E-state index in [2.05, 4.69) is 46.6 Å². The van der Waals surface area contributed by atoms with Gasteiger partial charge in [0.2, 0.25) is 5.95 Å². The molecule has 1 heterocycles. The van der Waals surface area contributed by atoms with Crippen LogP contribution >= 0.6 is 11.6 Å². The summed E-state index contributed by atoms with van der Waals surface area (Å²) in [4.78, 5) is 8.95. The molecule has 5 heteroatoms. The van der Waals surface area contributed by atoms with E-state index in [1.165, 1.54) is 11.1 Å². The lowest BCUT2D eigenvalue weighted by atomic mass is 10.1. The normalized spacial score (nSPS) is 10.5. The van der Waals surface area contributed by atoms with Gasteiger partial charge in [-0.3, -0.25) is 0 Å². The summed E-state index contributed by atoms with van der Waals surface area (Å²) in [5.41, 5.74) is 5.15. The Balaban J connectivity index is 1.86. The SMILES string of the molecule is Cc1cc(Nc2ccc(C)c(C)c2)nc(Nc2ccccc2Cl)n1. The molecule has 0 radical (unpaired) electrons. The second-order valence-corrected chi connectivity index (χ2v) is 6.15. The summed E-state index contributed by atoms with van der Waals surface area (Å²) in [6, 6.07) is 15.7. The summed E-state index contributed by atoms with van der Waals surface area (Å²) < 4.78 is 0. The van der Waals surface area contributed by atoms with Crippen LogP contribution in [0.15, 0.2) is 48.5 Å². The highest BCUT2D eigenvalue weighted by molar-refractivity contribution is 6.33. The first-order valence-electron chi connectivity index (χ1n) is 7.73. The van der Waals surface area contributed by atoms with Gasteiger partial charge in [0.1, 0.15) is 5.82 Å². The summed E-state index contributed by atoms with van der Waals surface area (Å²) in [5, 5.41) is 7.13. The monoisotopic (exact) mass is 338 g/mol. The summed E-state index contributed by atoms with van der Waals surface area (Å²) in [6.45, 7) is 6.13. The predicted molar refractivity (Wildman–Crippen MR) is 101 cm³/mol. The van der Waals surface area contributed by atoms with Crippen LogP contribution in [0.4, 0.5) is 23.1 Å². The van der Waals surface area contributed by atoms with E-state index < -0.39 is 0 Å². The quantitative estimate of drug-likeness (QED) is 0.655. The third-order valence-electron chi connectivity index (χ3n) is 3.75. The molecule has 0 amide bonds. The van der Waals surface area contributed by atoms with Crippen LogP contribution in [0.25, 0.3) is 0 Å². The number of anilines is 4. The van der Waals surface area contributed by atoms with Crippen molar-refractivity contribution in [2.45, 2.75) is 20.8 Å². The smallest absolute Gasteiger partial charge is 0.229 e.